The van der Waals surface area contributed by atoms with Crippen LogP contribution in [0.5, 0.6) is 5.75 Å². The maximum atomic E-state index is 14.7. The van der Waals surface area contributed by atoms with Gasteiger partial charge in [0.15, 0.2) is 5.54 Å². The van der Waals surface area contributed by atoms with Crippen molar-refractivity contribution in [1.82, 2.24) is 19.7 Å². The zero-order chi connectivity index (χ0) is 29.5. The summed E-state index contributed by atoms with van der Waals surface area (Å²) < 4.78 is 13.3. The van der Waals surface area contributed by atoms with Gasteiger partial charge in [-0.05, 0) is 63.3 Å². The first kappa shape index (κ1) is 29.7. The van der Waals surface area contributed by atoms with Crippen molar-refractivity contribution in [2.75, 3.05) is 13.7 Å². The Balaban J connectivity index is 1.94. The second-order valence-electron chi connectivity index (χ2n) is 12.5. The Kier molecular flexibility index (Phi) is 8.15. The number of esters is 1. The van der Waals surface area contributed by atoms with Gasteiger partial charge in [-0.15, -0.1) is 11.3 Å². The highest BCUT2D eigenvalue weighted by atomic mass is 32.1. The molecular formula is C30H40N4O5S. The van der Waals surface area contributed by atoms with E-state index in [9.17, 15) is 14.7 Å². The van der Waals surface area contributed by atoms with Crippen molar-refractivity contribution in [2.45, 2.75) is 84.0 Å². The molecule has 0 aliphatic carbocycles. The van der Waals surface area contributed by atoms with Gasteiger partial charge in [-0.25, -0.2) is 9.78 Å². The molecule has 1 fully saturated rings. The molecule has 1 aromatic carbocycles. The third-order valence-electron chi connectivity index (χ3n) is 7.15. The summed E-state index contributed by atoms with van der Waals surface area (Å²) in [5, 5.41) is 15.6. The largest absolute Gasteiger partial charge is 0.496 e. The Hall–Kier alpha value is -3.24. The molecule has 10 heteroatoms. The lowest BCUT2D eigenvalue weighted by Gasteiger charge is -2.40. The predicted octanol–water partition coefficient (Wildman–Crippen LogP) is 4.93. The van der Waals surface area contributed by atoms with Crippen molar-refractivity contribution in [3.8, 4) is 5.75 Å². The maximum Gasteiger partial charge on any atom is 0.334 e. The van der Waals surface area contributed by atoms with Gasteiger partial charge in [0, 0.05) is 41.6 Å². The fraction of sp³-hybridized carbons (Fsp3) is 0.533. The molecule has 0 unspecified atom stereocenters. The predicted molar refractivity (Wildman–Crippen MR) is 153 cm³/mol. The topological polar surface area (TPSA) is 107 Å². The number of carbonyl (C=O) groups excluding carboxylic acids is 2. The molecular weight excluding hydrogens is 528 g/mol. The highest BCUT2D eigenvalue weighted by Crippen LogP contribution is 2.50. The third kappa shape index (κ3) is 5.78. The van der Waals surface area contributed by atoms with Gasteiger partial charge in [-0.2, -0.15) is 5.10 Å². The highest BCUT2D eigenvalue weighted by Gasteiger charge is 2.61. The average molecular weight is 569 g/mol. The van der Waals surface area contributed by atoms with Gasteiger partial charge in [0.05, 0.1) is 19.7 Å². The van der Waals surface area contributed by atoms with E-state index in [1.165, 1.54) is 11.3 Å². The van der Waals surface area contributed by atoms with E-state index >= 15 is 0 Å². The van der Waals surface area contributed by atoms with Gasteiger partial charge >= 0.3 is 5.97 Å². The summed E-state index contributed by atoms with van der Waals surface area (Å²) in [4.78, 5) is 36.1. The number of benzene rings is 1. The number of thiazole rings is 1. The molecule has 0 radical (unpaired) electrons. The minimum atomic E-state index is -1.45. The summed E-state index contributed by atoms with van der Waals surface area (Å²) in [5.74, 6) is -0.775. The molecule has 1 aliphatic heterocycles. The number of ether oxygens (including phenoxy) is 2. The Morgan fingerprint density at radius 2 is 1.93 bits per heavy atom. The van der Waals surface area contributed by atoms with Crippen molar-refractivity contribution in [2.24, 2.45) is 5.92 Å². The molecule has 3 aromatic rings. The molecule has 1 amide bonds. The molecule has 1 N–H and O–H groups in total. The number of hydrogen-bond donors (Lipinski definition) is 1. The summed E-state index contributed by atoms with van der Waals surface area (Å²) in [6.45, 7) is 13.4. The van der Waals surface area contributed by atoms with Crippen LogP contribution in [0.3, 0.4) is 0 Å². The van der Waals surface area contributed by atoms with E-state index in [4.69, 9.17) is 9.47 Å². The van der Waals surface area contributed by atoms with Crippen LogP contribution in [0.15, 0.2) is 42.9 Å². The molecule has 3 atom stereocenters. The highest BCUT2D eigenvalue weighted by molar-refractivity contribution is 7.11. The van der Waals surface area contributed by atoms with Crippen molar-refractivity contribution in [1.29, 1.82) is 0 Å². The molecule has 0 bridgehead atoms. The van der Waals surface area contributed by atoms with E-state index in [1.54, 1.807) is 74.3 Å². The Labute approximate surface area is 240 Å². The molecule has 1 aliphatic rings. The van der Waals surface area contributed by atoms with Crippen LogP contribution in [0, 0.1) is 12.8 Å². The molecule has 2 aromatic heterocycles. The van der Waals surface area contributed by atoms with Crippen LogP contribution >= 0.6 is 11.3 Å². The molecule has 40 heavy (non-hydrogen) atoms. The molecule has 4 rings (SSSR count). The number of amides is 1. The zero-order valence-electron chi connectivity index (χ0n) is 24.6. The maximum absolute atomic E-state index is 14.7. The smallest absolute Gasteiger partial charge is 0.334 e. The monoisotopic (exact) mass is 568 g/mol. The lowest BCUT2D eigenvalue weighted by atomic mass is 9.85. The van der Waals surface area contributed by atoms with E-state index in [-0.39, 0.29) is 30.9 Å². The number of aryl methyl sites for hydroxylation is 1. The summed E-state index contributed by atoms with van der Waals surface area (Å²) in [6, 6.07) is 6.53. The first-order chi connectivity index (χ1) is 18.7. The van der Waals surface area contributed by atoms with Gasteiger partial charge in [0.2, 0.25) is 0 Å². The lowest BCUT2D eigenvalue weighted by molar-refractivity contribution is -0.168. The van der Waals surface area contributed by atoms with Crippen LogP contribution in [0.1, 0.15) is 79.8 Å². The van der Waals surface area contributed by atoms with E-state index in [2.05, 4.69) is 30.9 Å². The molecule has 0 spiro atoms. The van der Waals surface area contributed by atoms with E-state index in [1.807, 2.05) is 13.0 Å². The fourth-order valence-electron chi connectivity index (χ4n) is 5.43. The van der Waals surface area contributed by atoms with Gasteiger partial charge in [-0.3, -0.25) is 9.48 Å². The SMILES string of the molecule is COc1cc(C(=O)N2[C@@H](c3ncc(C)s3)[C@@H](CO)C[C@@]2(Cn2cccn2)C(=O)OC(C)(C)C)ccc1C(C)(C)C. The van der Waals surface area contributed by atoms with Crippen LogP contribution in [0.25, 0.3) is 0 Å². The van der Waals surface area contributed by atoms with Crippen molar-refractivity contribution < 1.29 is 24.2 Å². The van der Waals surface area contributed by atoms with Crippen LogP contribution in [-0.4, -0.2) is 61.5 Å². The third-order valence-corrected chi connectivity index (χ3v) is 8.13. The number of aromatic nitrogens is 3. The minimum Gasteiger partial charge on any atom is -0.496 e. The quantitative estimate of drug-likeness (QED) is 0.403. The van der Waals surface area contributed by atoms with Crippen molar-refractivity contribution in [3.05, 3.63) is 63.9 Å². The number of methoxy groups -OCH3 is 1. The number of likely N-dealkylation sites (tertiary alicyclic amines) is 1. The molecule has 1 saturated heterocycles. The normalized spacial score (nSPS) is 21.5. The van der Waals surface area contributed by atoms with E-state index < -0.39 is 29.1 Å². The minimum absolute atomic E-state index is 0.0647. The Morgan fingerprint density at radius 1 is 1.20 bits per heavy atom. The first-order valence-corrected chi connectivity index (χ1v) is 14.3. The van der Waals surface area contributed by atoms with E-state index in [0.29, 0.717) is 16.3 Å². The second kappa shape index (κ2) is 11.0. The van der Waals surface area contributed by atoms with Gasteiger partial charge in [0.1, 0.15) is 16.4 Å². The number of aliphatic hydroxyl groups excluding tert-OH is 1. The number of carbonyl (C=O) groups is 2. The lowest BCUT2D eigenvalue weighted by Crippen LogP contribution is -2.58. The molecule has 216 valence electrons. The molecule has 9 nitrogen and oxygen atoms in total. The number of aliphatic hydroxyl groups is 1. The number of nitrogens with zero attached hydrogens (tertiary/aromatic N) is 4. The Morgan fingerprint density at radius 3 is 2.45 bits per heavy atom. The summed E-state index contributed by atoms with van der Waals surface area (Å²) >= 11 is 1.45. The zero-order valence-corrected chi connectivity index (χ0v) is 25.4. The average Bonchev–Trinajstić information content (AvgIpc) is 3.61. The summed E-state index contributed by atoms with van der Waals surface area (Å²) in [5.41, 5.74) is -1.13. The number of hydrogen-bond acceptors (Lipinski definition) is 8. The molecule has 0 saturated carbocycles. The van der Waals surface area contributed by atoms with Crippen molar-refractivity contribution >= 4 is 23.2 Å². The first-order valence-electron chi connectivity index (χ1n) is 13.5. The van der Waals surface area contributed by atoms with Crippen LogP contribution in [0.4, 0.5) is 0 Å². The van der Waals surface area contributed by atoms with Crippen LogP contribution in [-0.2, 0) is 21.5 Å². The fourth-order valence-corrected chi connectivity index (χ4v) is 6.39. The number of rotatable bonds is 7. The summed E-state index contributed by atoms with van der Waals surface area (Å²) in [6.07, 6.45) is 5.32. The van der Waals surface area contributed by atoms with E-state index in [0.717, 1.165) is 10.4 Å². The standard InChI is InChI=1S/C30H40N4O5S/c1-19-16-31-25(40-19)24-21(17-35)15-30(18-33-13-9-12-32-33,27(37)39-29(5,6)7)34(24)26(36)20-10-11-22(28(2,3)4)23(14-20)38-8/h9-14,16,21,24,35H,15,17-18H2,1-8H3/t21-,24-,30-/m1/s1. The molecule has 3 heterocycles. The second-order valence-corrected chi connectivity index (χ2v) is 13.7. The van der Waals surface area contributed by atoms with Crippen molar-refractivity contribution in [3.63, 3.8) is 0 Å². The van der Waals surface area contributed by atoms with Gasteiger partial charge in [-0.1, -0.05) is 26.8 Å². The summed E-state index contributed by atoms with van der Waals surface area (Å²) in [7, 11) is 1.58. The van der Waals surface area contributed by atoms with Crippen LogP contribution in [0.2, 0.25) is 0 Å². The van der Waals surface area contributed by atoms with Gasteiger partial charge < -0.3 is 19.5 Å². The van der Waals surface area contributed by atoms with Crippen LogP contribution < -0.4 is 4.74 Å². The van der Waals surface area contributed by atoms with Gasteiger partial charge in [0.25, 0.3) is 5.91 Å². The Bertz CT molecular complexity index is 1360.